The van der Waals surface area contributed by atoms with E-state index >= 15 is 0 Å². The third kappa shape index (κ3) is 7.74. The van der Waals surface area contributed by atoms with Crippen LogP contribution < -0.4 is 5.32 Å². The molecule has 0 aromatic rings. The van der Waals surface area contributed by atoms with Gasteiger partial charge in [-0.15, -0.1) is 0 Å². The zero-order valence-corrected chi connectivity index (χ0v) is 8.92. The normalized spacial score (nSPS) is 12.1. The molecule has 78 valence electrons. The van der Waals surface area contributed by atoms with E-state index < -0.39 is 5.97 Å². The first kappa shape index (κ1) is 12.4. The quantitative estimate of drug-likeness (QED) is 0.627. The van der Waals surface area contributed by atoms with Gasteiger partial charge in [-0.3, -0.25) is 4.79 Å². The van der Waals surface area contributed by atoms with E-state index in [1.54, 1.807) is 0 Å². The number of carboxylic acid groups (broad SMARTS) is 1. The van der Waals surface area contributed by atoms with Crippen LogP contribution in [0.5, 0.6) is 0 Å². The second-order valence-electron chi connectivity index (χ2n) is 4.40. The van der Waals surface area contributed by atoms with Crippen molar-refractivity contribution in [3.8, 4) is 0 Å². The van der Waals surface area contributed by atoms with Crippen LogP contribution >= 0.6 is 0 Å². The summed E-state index contributed by atoms with van der Waals surface area (Å²) in [6, 6.07) is 0. The number of nitrogens with one attached hydrogen (secondary N) is 1. The molecule has 0 fully saturated rings. The number of aliphatic carboxylic acids is 1. The molecule has 0 spiro atoms. The Bertz CT molecular complexity index is 167. The highest BCUT2D eigenvalue weighted by molar-refractivity contribution is 5.68. The Labute approximate surface area is 79.9 Å². The molecule has 0 heterocycles. The molecule has 0 saturated heterocycles. The molecule has 0 aromatic carbocycles. The summed E-state index contributed by atoms with van der Waals surface area (Å²) >= 11 is 0. The van der Waals surface area contributed by atoms with Crippen LogP contribution in [-0.2, 0) is 4.79 Å². The van der Waals surface area contributed by atoms with Crippen molar-refractivity contribution in [1.82, 2.24) is 10.2 Å². The second-order valence-corrected chi connectivity index (χ2v) is 4.40. The Morgan fingerprint density at radius 3 is 2.38 bits per heavy atom. The third-order valence-electron chi connectivity index (χ3n) is 1.62. The number of rotatable bonds is 6. The molecule has 0 aliphatic heterocycles. The molecular formula is C9H20N2O2. The molecule has 0 aromatic heterocycles. The summed E-state index contributed by atoms with van der Waals surface area (Å²) in [5.41, 5.74) is 0.110. The highest BCUT2D eigenvalue weighted by Crippen LogP contribution is 2.13. The van der Waals surface area contributed by atoms with E-state index in [1.807, 2.05) is 14.1 Å². The minimum Gasteiger partial charge on any atom is -0.480 e. The van der Waals surface area contributed by atoms with Crippen molar-refractivity contribution in [2.24, 2.45) is 5.41 Å². The molecule has 0 amide bonds. The average Bonchev–Trinajstić information content (AvgIpc) is 1.81. The van der Waals surface area contributed by atoms with Gasteiger partial charge in [-0.05, 0) is 19.5 Å². The van der Waals surface area contributed by atoms with Crippen LogP contribution in [0.4, 0.5) is 0 Å². The molecule has 0 saturated carbocycles. The summed E-state index contributed by atoms with van der Waals surface area (Å²) in [6.45, 7) is 5.93. The third-order valence-corrected chi connectivity index (χ3v) is 1.62. The van der Waals surface area contributed by atoms with Crippen molar-refractivity contribution < 1.29 is 9.90 Å². The predicted octanol–water partition coefficient (Wildman–Crippen LogP) is 0.248. The van der Waals surface area contributed by atoms with Gasteiger partial charge in [0.25, 0.3) is 0 Å². The fraction of sp³-hybridized carbons (Fsp3) is 0.889. The molecule has 2 N–H and O–H groups in total. The maximum atomic E-state index is 10.2. The summed E-state index contributed by atoms with van der Waals surface area (Å²) in [5.74, 6) is -0.805. The molecule has 4 heteroatoms. The first-order chi connectivity index (χ1) is 5.83. The zero-order chi connectivity index (χ0) is 10.5. The summed E-state index contributed by atoms with van der Waals surface area (Å²) < 4.78 is 0. The Balaban J connectivity index is 3.68. The van der Waals surface area contributed by atoms with Gasteiger partial charge in [0.05, 0.1) is 6.54 Å². The Morgan fingerprint density at radius 1 is 1.46 bits per heavy atom. The molecule has 0 atom stereocenters. The average molecular weight is 188 g/mol. The summed E-state index contributed by atoms with van der Waals surface area (Å²) in [7, 11) is 4.03. The lowest BCUT2D eigenvalue weighted by atomic mass is 9.93. The number of carboxylic acids is 1. The minimum absolute atomic E-state index is 0.0386. The number of hydrogen-bond donors (Lipinski definition) is 2. The van der Waals surface area contributed by atoms with Crippen LogP contribution in [0.1, 0.15) is 13.8 Å². The van der Waals surface area contributed by atoms with Crippen LogP contribution in [0.15, 0.2) is 0 Å². The SMILES string of the molecule is CN(C)CC(C)(C)CNCC(=O)O. The predicted molar refractivity (Wildman–Crippen MR) is 52.8 cm³/mol. The molecular weight excluding hydrogens is 168 g/mol. The van der Waals surface area contributed by atoms with Crippen molar-refractivity contribution in [2.75, 3.05) is 33.7 Å². The van der Waals surface area contributed by atoms with Gasteiger partial charge < -0.3 is 15.3 Å². The van der Waals surface area contributed by atoms with E-state index in [4.69, 9.17) is 5.11 Å². The standard InChI is InChI=1S/C9H20N2O2/c1-9(2,7-11(3)4)6-10-5-8(12)13/h10H,5-7H2,1-4H3,(H,12,13). The lowest BCUT2D eigenvalue weighted by Crippen LogP contribution is -2.39. The van der Waals surface area contributed by atoms with Crippen LogP contribution in [0.25, 0.3) is 0 Å². The van der Waals surface area contributed by atoms with Gasteiger partial charge in [-0.25, -0.2) is 0 Å². The topological polar surface area (TPSA) is 52.6 Å². The molecule has 0 bridgehead atoms. The maximum absolute atomic E-state index is 10.2. The molecule has 13 heavy (non-hydrogen) atoms. The van der Waals surface area contributed by atoms with Gasteiger partial charge in [0.2, 0.25) is 0 Å². The van der Waals surface area contributed by atoms with Crippen LogP contribution in [0.2, 0.25) is 0 Å². The van der Waals surface area contributed by atoms with Crippen molar-refractivity contribution >= 4 is 5.97 Å². The fourth-order valence-corrected chi connectivity index (χ4v) is 1.42. The van der Waals surface area contributed by atoms with Gasteiger partial charge in [-0.2, -0.15) is 0 Å². The Hall–Kier alpha value is -0.610. The van der Waals surface area contributed by atoms with Crippen molar-refractivity contribution in [1.29, 1.82) is 0 Å². The molecule has 4 nitrogen and oxygen atoms in total. The Morgan fingerprint density at radius 2 is 2.00 bits per heavy atom. The van der Waals surface area contributed by atoms with E-state index in [2.05, 4.69) is 24.1 Å². The van der Waals surface area contributed by atoms with E-state index in [1.165, 1.54) is 0 Å². The fourth-order valence-electron chi connectivity index (χ4n) is 1.42. The van der Waals surface area contributed by atoms with Gasteiger partial charge in [0, 0.05) is 13.1 Å². The van der Waals surface area contributed by atoms with Crippen LogP contribution in [0.3, 0.4) is 0 Å². The number of hydrogen-bond acceptors (Lipinski definition) is 3. The highest BCUT2D eigenvalue weighted by atomic mass is 16.4. The minimum atomic E-state index is -0.805. The van der Waals surface area contributed by atoms with Gasteiger partial charge in [0.15, 0.2) is 0 Å². The second kappa shape index (κ2) is 5.19. The van der Waals surface area contributed by atoms with Crippen molar-refractivity contribution in [3.63, 3.8) is 0 Å². The van der Waals surface area contributed by atoms with Gasteiger partial charge >= 0.3 is 5.97 Å². The zero-order valence-electron chi connectivity index (χ0n) is 8.92. The number of nitrogens with zero attached hydrogens (tertiary/aromatic N) is 1. The monoisotopic (exact) mass is 188 g/mol. The molecule has 0 rings (SSSR count). The van der Waals surface area contributed by atoms with Gasteiger partial charge in [-0.1, -0.05) is 13.8 Å². The Kier molecular flexibility index (Phi) is 4.95. The van der Waals surface area contributed by atoms with E-state index in [-0.39, 0.29) is 12.0 Å². The summed E-state index contributed by atoms with van der Waals surface area (Å²) in [5, 5.41) is 11.3. The van der Waals surface area contributed by atoms with Crippen molar-refractivity contribution in [3.05, 3.63) is 0 Å². The van der Waals surface area contributed by atoms with Gasteiger partial charge in [0.1, 0.15) is 0 Å². The lowest BCUT2D eigenvalue weighted by molar-refractivity contribution is -0.136. The summed E-state index contributed by atoms with van der Waals surface area (Å²) in [6.07, 6.45) is 0. The molecule has 0 unspecified atom stereocenters. The first-order valence-corrected chi connectivity index (χ1v) is 4.41. The smallest absolute Gasteiger partial charge is 0.317 e. The van der Waals surface area contributed by atoms with E-state index in [0.717, 1.165) is 13.1 Å². The van der Waals surface area contributed by atoms with E-state index in [9.17, 15) is 4.79 Å². The van der Waals surface area contributed by atoms with Crippen LogP contribution in [-0.4, -0.2) is 49.7 Å². The first-order valence-electron chi connectivity index (χ1n) is 4.41. The molecule has 0 aliphatic carbocycles. The van der Waals surface area contributed by atoms with Crippen molar-refractivity contribution in [2.45, 2.75) is 13.8 Å². The maximum Gasteiger partial charge on any atom is 0.317 e. The molecule has 0 aliphatic rings. The van der Waals surface area contributed by atoms with Crippen LogP contribution in [0, 0.1) is 5.41 Å². The number of carbonyl (C=O) groups is 1. The summed E-state index contributed by atoms with van der Waals surface area (Å²) in [4.78, 5) is 12.3. The van der Waals surface area contributed by atoms with E-state index in [0.29, 0.717) is 0 Å². The lowest BCUT2D eigenvalue weighted by Gasteiger charge is -2.28. The largest absolute Gasteiger partial charge is 0.480 e. The molecule has 0 radical (unpaired) electrons. The highest BCUT2D eigenvalue weighted by Gasteiger charge is 2.18.